The van der Waals surface area contributed by atoms with E-state index in [1.54, 1.807) is 47.6 Å². The smallest absolute Gasteiger partial charge is 0.256 e. The Labute approximate surface area is 200 Å². The predicted molar refractivity (Wildman–Crippen MR) is 129 cm³/mol. The number of rotatable bonds is 6. The van der Waals surface area contributed by atoms with Gasteiger partial charge in [0.05, 0.1) is 11.8 Å². The highest BCUT2D eigenvalue weighted by Gasteiger charge is 2.27. The van der Waals surface area contributed by atoms with Crippen molar-refractivity contribution in [2.24, 2.45) is 0 Å². The highest BCUT2D eigenvalue weighted by atomic mass is 32.1. The number of hydrogen-bond acceptors (Lipinski definition) is 6. The number of amides is 1. The van der Waals surface area contributed by atoms with Gasteiger partial charge in [-0.05, 0) is 37.1 Å². The lowest BCUT2D eigenvalue weighted by atomic mass is 10.0. The van der Waals surface area contributed by atoms with E-state index >= 15 is 0 Å². The van der Waals surface area contributed by atoms with Crippen LogP contribution in [0.15, 0.2) is 77.4 Å². The average molecular weight is 476 g/mol. The molecule has 5 rings (SSSR count). The lowest BCUT2D eigenvalue weighted by Gasteiger charge is -2.32. The molecule has 34 heavy (non-hydrogen) atoms. The van der Waals surface area contributed by atoms with Gasteiger partial charge in [-0.3, -0.25) is 9.59 Å². The number of nitrogens with zero attached hydrogens (tertiary/aromatic N) is 2. The summed E-state index contributed by atoms with van der Waals surface area (Å²) in [6, 6.07) is 18.8. The van der Waals surface area contributed by atoms with Gasteiger partial charge in [0.15, 0.2) is 10.9 Å². The molecule has 0 spiro atoms. The molecule has 0 saturated carbocycles. The van der Waals surface area contributed by atoms with Gasteiger partial charge in [0.25, 0.3) is 5.91 Å². The van der Waals surface area contributed by atoms with Gasteiger partial charge >= 0.3 is 0 Å². The Hall–Kier alpha value is -3.78. The Morgan fingerprint density at radius 1 is 1.00 bits per heavy atom. The molecule has 8 heteroatoms. The second-order valence-corrected chi connectivity index (χ2v) is 9.06. The van der Waals surface area contributed by atoms with Crippen molar-refractivity contribution < 1.29 is 18.4 Å². The van der Waals surface area contributed by atoms with Crippen LogP contribution in [0, 0.1) is 5.82 Å². The number of piperidine rings is 1. The first-order valence-electron chi connectivity index (χ1n) is 11.0. The Morgan fingerprint density at radius 2 is 1.74 bits per heavy atom. The van der Waals surface area contributed by atoms with Crippen molar-refractivity contribution in [2.45, 2.75) is 18.9 Å². The molecule has 2 aromatic heterocycles. The van der Waals surface area contributed by atoms with Crippen LogP contribution in [0.2, 0.25) is 0 Å². The van der Waals surface area contributed by atoms with E-state index in [1.165, 1.54) is 23.5 Å². The molecular formula is C26H22FN3O3S. The van der Waals surface area contributed by atoms with Gasteiger partial charge in [0.1, 0.15) is 16.4 Å². The van der Waals surface area contributed by atoms with Gasteiger partial charge in [-0.25, -0.2) is 9.37 Å². The molecule has 3 heterocycles. The highest BCUT2D eigenvalue weighted by molar-refractivity contribution is 7.18. The zero-order valence-corrected chi connectivity index (χ0v) is 19.1. The van der Waals surface area contributed by atoms with Crippen LogP contribution in [0.3, 0.4) is 0 Å². The fraction of sp³-hybridized carbons (Fsp3) is 0.192. The monoisotopic (exact) mass is 475 g/mol. The number of aromatic nitrogens is 1. The number of hydrogen-bond donors (Lipinski definition) is 1. The number of likely N-dealkylation sites (tertiary alicyclic amines) is 1. The lowest BCUT2D eigenvalue weighted by Crippen LogP contribution is -2.42. The molecule has 0 aliphatic carbocycles. The number of ketones is 1. The summed E-state index contributed by atoms with van der Waals surface area (Å²) in [5, 5.41) is 4.05. The number of benzene rings is 2. The number of halogens is 1. The van der Waals surface area contributed by atoms with E-state index in [9.17, 15) is 14.0 Å². The number of carbonyl (C=O) groups is 2. The molecule has 6 nitrogen and oxygen atoms in total. The summed E-state index contributed by atoms with van der Waals surface area (Å²) in [6.07, 6.45) is 2.94. The lowest BCUT2D eigenvalue weighted by molar-refractivity contribution is 0.0713. The largest absolute Gasteiger partial charge is 0.463 e. The Bertz CT molecular complexity index is 1300. The van der Waals surface area contributed by atoms with E-state index in [4.69, 9.17) is 4.42 Å². The van der Waals surface area contributed by atoms with Crippen LogP contribution in [0.4, 0.5) is 9.52 Å². The number of nitrogens with one attached hydrogen (secondary N) is 1. The molecule has 1 aliphatic rings. The van der Waals surface area contributed by atoms with Crippen LogP contribution >= 0.6 is 11.3 Å². The molecule has 4 aromatic rings. The van der Waals surface area contributed by atoms with E-state index in [0.29, 0.717) is 53.0 Å². The summed E-state index contributed by atoms with van der Waals surface area (Å²) in [5.74, 6) is -0.366. The third-order valence-corrected chi connectivity index (χ3v) is 6.82. The van der Waals surface area contributed by atoms with E-state index in [0.717, 1.165) is 0 Å². The molecule has 0 radical (unpaired) electrons. The van der Waals surface area contributed by atoms with Gasteiger partial charge in [0.2, 0.25) is 5.78 Å². The third kappa shape index (κ3) is 4.49. The van der Waals surface area contributed by atoms with Gasteiger partial charge in [0, 0.05) is 24.7 Å². The minimum atomic E-state index is -0.503. The van der Waals surface area contributed by atoms with Crippen LogP contribution < -0.4 is 5.32 Å². The minimum Gasteiger partial charge on any atom is -0.463 e. The first-order chi connectivity index (χ1) is 16.6. The van der Waals surface area contributed by atoms with Gasteiger partial charge in [-0.1, -0.05) is 53.8 Å². The SMILES string of the molecule is O=C(c1ccccc1)c1sc(NC2CCN(C(=O)c3ccccc3F)CC2)nc1-c1ccco1. The molecule has 172 valence electrons. The van der Waals surface area contributed by atoms with Gasteiger partial charge < -0.3 is 14.6 Å². The quantitative estimate of drug-likeness (QED) is 0.373. The molecule has 0 unspecified atom stereocenters. The first kappa shape index (κ1) is 22.0. The van der Waals surface area contributed by atoms with E-state index in [-0.39, 0.29) is 23.3 Å². The summed E-state index contributed by atoms with van der Waals surface area (Å²) in [4.78, 5) is 32.7. The number of carbonyl (C=O) groups excluding carboxylic acids is 2. The number of furan rings is 1. The van der Waals surface area contributed by atoms with Crippen molar-refractivity contribution in [3.63, 3.8) is 0 Å². The van der Waals surface area contributed by atoms with Gasteiger partial charge in [-0.2, -0.15) is 0 Å². The molecule has 1 fully saturated rings. The molecule has 0 atom stereocenters. The van der Waals surface area contributed by atoms with Crippen molar-refractivity contribution in [3.05, 3.63) is 94.8 Å². The molecular weight excluding hydrogens is 453 g/mol. The summed E-state index contributed by atoms with van der Waals surface area (Å²) < 4.78 is 19.5. The molecule has 1 N–H and O–H groups in total. The standard InChI is InChI=1S/C26H22FN3O3S/c27-20-10-5-4-9-19(20)25(32)30-14-12-18(13-15-30)28-26-29-22(21-11-6-16-33-21)24(34-26)23(31)17-7-2-1-3-8-17/h1-11,16,18H,12-15H2,(H,28,29). The summed E-state index contributed by atoms with van der Waals surface area (Å²) >= 11 is 1.30. The summed E-state index contributed by atoms with van der Waals surface area (Å²) in [5.41, 5.74) is 1.20. The maximum atomic E-state index is 14.0. The minimum absolute atomic E-state index is 0.0833. The van der Waals surface area contributed by atoms with Crippen LogP contribution in [0.25, 0.3) is 11.5 Å². The summed E-state index contributed by atoms with van der Waals surface area (Å²) in [7, 11) is 0. The summed E-state index contributed by atoms with van der Waals surface area (Å²) in [6.45, 7) is 1.02. The number of thiazole rings is 1. The maximum Gasteiger partial charge on any atom is 0.256 e. The number of anilines is 1. The fourth-order valence-electron chi connectivity index (χ4n) is 4.04. The van der Waals surface area contributed by atoms with Gasteiger partial charge in [-0.15, -0.1) is 0 Å². The zero-order chi connectivity index (χ0) is 23.5. The van der Waals surface area contributed by atoms with Crippen molar-refractivity contribution in [1.29, 1.82) is 0 Å². The van der Waals surface area contributed by atoms with Crippen LogP contribution in [-0.4, -0.2) is 40.7 Å². The van der Waals surface area contributed by atoms with Crippen LogP contribution in [0.1, 0.15) is 38.4 Å². The van der Waals surface area contributed by atoms with Crippen LogP contribution in [0.5, 0.6) is 0 Å². The molecule has 1 aliphatic heterocycles. The molecule has 0 bridgehead atoms. The Balaban J connectivity index is 1.30. The topological polar surface area (TPSA) is 75.4 Å². The Morgan fingerprint density at radius 3 is 2.44 bits per heavy atom. The second kappa shape index (κ2) is 9.61. The predicted octanol–water partition coefficient (Wildman–Crippen LogP) is 5.49. The molecule has 1 amide bonds. The molecule has 1 saturated heterocycles. The van der Waals surface area contributed by atoms with E-state index in [1.807, 2.05) is 18.2 Å². The van der Waals surface area contributed by atoms with E-state index < -0.39 is 5.82 Å². The average Bonchev–Trinajstić information content (AvgIpc) is 3.55. The molecule has 2 aromatic carbocycles. The van der Waals surface area contributed by atoms with E-state index in [2.05, 4.69) is 10.3 Å². The third-order valence-electron chi connectivity index (χ3n) is 5.84. The fourth-order valence-corrected chi connectivity index (χ4v) is 5.05. The van der Waals surface area contributed by atoms with Crippen LogP contribution in [-0.2, 0) is 0 Å². The zero-order valence-electron chi connectivity index (χ0n) is 18.2. The normalized spacial score (nSPS) is 14.2. The van der Waals surface area contributed by atoms with Crippen molar-refractivity contribution in [2.75, 3.05) is 18.4 Å². The van der Waals surface area contributed by atoms with Crippen molar-refractivity contribution in [3.8, 4) is 11.5 Å². The first-order valence-corrected chi connectivity index (χ1v) is 11.9. The van der Waals surface area contributed by atoms with Crippen molar-refractivity contribution >= 4 is 28.2 Å². The maximum absolute atomic E-state index is 14.0. The van der Waals surface area contributed by atoms with Crippen molar-refractivity contribution in [1.82, 2.24) is 9.88 Å². The second-order valence-electron chi connectivity index (χ2n) is 8.06. The Kier molecular flexibility index (Phi) is 6.22. The highest BCUT2D eigenvalue weighted by Crippen LogP contribution is 2.34.